The average molecular weight is 407 g/mol. The molecule has 0 saturated carbocycles. The molecule has 0 atom stereocenters. The molecule has 0 amide bonds. The molecular weight excluding hydrogens is 355 g/mol. The van der Waals surface area contributed by atoms with Crippen LogP contribution in [0.4, 0.5) is 0 Å². The van der Waals surface area contributed by atoms with Gasteiger partial charge in [0.05, 0.1) is 0 Å². The predicted octanol–water partition coefficient (Wildman–Crippen LogP) is 9.97. The highest BCUT2D eigenvalue weighted by Gasteiger charge is 2.04. The van der Waals surface area contributed by atoms with Gasteiger partial charge in [-0.05, 0) is 24.9 Å². The van der Waals surface area contributed by atoms with E-state index < -0.39 is 0 Å². The van der Waals surface area contributed by atoms with Crippen LogP contribution in [-0.2, 0) is 0 Å². The van der Waals surface area contributed by atoms with Crippen LogP contribution in [0.5, 0.6) is 0 Å². The van der Waals surface area contributed by atoms with E-state index in [0.717, 1.165) is 0 Å². The SMILES string of the molecule is CCCCCCCCCCCCCCCCCCP(CCC)CCC.Cl. The number of unbranched alkanes of at least 4 members (excludes halogenated alkanes) is 15. The van der Waals surface area contributed by atoms with Crippen LogP contribution in [0, 0.1) is 0 Å². The largest absolute Gasteiger partial charge is 0.147 e. The fourth-order valence-electron chi connectivity index (χ4n) is 3.85. The molecule has 2 heteroatoms. The minimum atomic E-state index is 0. The molecule has 0 nitrogen and oxygen atoms in total. The second-order valence-corrected chi connectivity index (χ2v) is 10.8. The average Bonchev–Trinajstić information content (AvgIpc) is 2.61. The second kappa shape index (κ2) is 25.7. The van der Waals surface area contributed by atoms with Crippen molar-refractivity contribution in [2.75, 3.05) is 18.5 Å². The van der Waals surface area contributed by atoms with Crippen molar-refractivity contribution in [3.8, 4) is 0 Å². The van der Waals surface area contributed by atoms with E-state index in [-0.39, 0.29) is 12.4 Å². The van der Waals surface area contributed by atoms with E-state index in [2.05, 4.69) is 20.8 Å². The second-order valence-electron chi connectivity index (χ2n) is 8.14. The van der Waals surface area contributed by atoms with Crippen molar-refractivity contribution in [1.82, 2.24) is 0 Å². The molecule has 0 heterocycles. The molecule has 26 heavy (non-hydrogen) atoms. The highest BCUT2D eigenvalue weighted by atomic mass is 35.5. The summed E-state index contributed by atoms with van der Waals surface area (Å²) in [6.07, 6.45) is 31.2. The van der Waals surface area contributed by atoms with Crippen molar-refractivity contribution in [2.45, 2.75) is 136 Å². The van der Waals surface area contributed by atoms with Crippen molar-refractivity contribution in [1.29, 1.82) is 0 Å². The third-order valence-corrected chi connectivity index (χ3v) is 8.52. The van der Waals surface area contributed by atoms with Crippen LogP contribution in [0.1, 0.15) is 136 Å². The molecule has 0 bridgehead atoms. The highest BCUT2D eigenvalue weighted by molar-refractivity contribution is 7.57. The van der Waals surface area contributed by atoms with E-state index in [1.165, 1.54) is 128 Å². The van der Waals surface area contributed by atoms with Crippen molar-refractivity contribution in [2.24, 2.45) is 0 Å². The molecule has 0 aliphatic rings. The summed E-state index contributed by atoms with van der Waals surface area (Å²) in [5.74, 6) is 0. The summed E-state index contributed by atoms with van der Waals surface area (Å²) in [7, 11) is 0.396. The number of rotatable bonds is 21. The lowest BCUT2D eigenvalue weighted by atomic mass is 10.0. The van der Waals surface area contributed by atoms with Crippen LogP contribution < -0.4 is 0 Å². The zero-order valence-electron chi connectivity index (χ0n) is 18.7. The summed E-state index contributed by atoms with van der Waals surface area (Å²) in [6, 6.07) is 0. The predicted molar refractivity (Wildman–Crippen MR) is 129 cm³/mol. The Labute approximate surface area is 175 Å². The Morgan fingerprint density at radius 1 is 0.346 bits per heavy atom. The lowest BCUT2D eigenvalue weighted by Crippen LogP contribution is -1.94. The first-order chi connectivity index (χ1) is 12.3. The van der Waals surface area contributed by atoms with Gasteiger partial charge in [0.1, 0.15) is 0 Å². The van der Waals surface area contributed by atoms with E-state index in [4.69, 9.17) is 0 Å². The lowest BCUT2D eigenvalue weighted by Gasteiger charge is -2.15. The summed E-state index contributed by atoms with van der Waals surface area (Å²) in [6.45, 7) is 7.02. The summed E-state index contributed by atoms with van der Waals surface area (Å²) < 4.78 is 0. The van der Waals surface area contributed by atoms with Gasteiger partial charge in [-0.1, -0.05) is 130 Å². The van der Waals surface area contributed by atoms with Crippen molar-refractivity contribution < 1.29 is 0 Å². The van der Waals surface area contributed by atoms with Gasteiger partial charge in [0, 0.05) is 0 Å². The normalized spacial score (nSPS) is 11.1. The minimum absolute atomic E-state index is 0. The van der Waals surface area contributed by atoms with Crippen LogP contribution in [-0.4, -0.2) is 18.5 Å². The van der Waals surface area contributed by atoms with Gasteiger partial charge < -0.3 is 0 Å². The Morgan fingerprint density at radius 3 is 0.962 bits per heavy atom. The third kappa shape index (κ3) is 22.8. The van der Waals surface area contributed by atoms with Gasteiger partial charge in [0.25, 0.3) is 0 Å². The van der Waals surface area contributed by atoms with Crippen molar-refractivity contribution in [3.05, 3.63) is 0 Å². The van der Waals surface area contributed by atoms with Crippen molar-refractivity contribution >= 4 is 20.3 Å². The molecule has 0 rings (SSSR count). The van der Waals surface area contributed by atoms with Gasteiger partial charge >= 0.3 is 0 Å². The first-order valence-corrected chi connectivity index (χ1v) is 14.0. The maximum absolute atomic E-state index is 2.36. The Kier molecular flexibility index (Phi) is 28.6. The fraction of sp³-hybridized carbons (Fsp3) is 1.00. The van der Waals surface area contributed by atoms with Crippen LogP contribution in [0.2, 0.25) is 0 Å². The zero-order valence-corrected chi connectivity index (χ0v) is 20.4. The van der Waals surface area contributed by atoms with Crippen LogP contribution in [0.3, 0.4) is 0 Å². The highest BCUT2D eigenvalue weighted by Crippen LogP contribution is 2.38. The molecule has 0 unspecified atom stereocenters. The topological polar surface area (TPSA) is 0 Å². The fourth-order valence-corrected chi connectivity index (χ4v) is 6.46. The monoisotopic (exact) mass is 406 g/mol. The van der Waals surface area contributed by atoms with Crippen LogP contribution in [0.25, 0.3) is 0 Å². The number of halogens is 1. The molecule has 0 fully saturated rings. The quantitative estimate of drug-likeness (QED) is 0.131. The molecule has 0 aliphatic heterocycles. The van der Waals surface area contributed by atoms with E-state index in [1.807, 2.05) is 0 Å². The molecule has 0 radical (unpaired) electrons. The first-order valence-electron chi connectivity index (χ1n) is 12.1. The van der Waals surface area contributed by atoms with Gasteiger partial charge in [-0.25, -0.2) is 0 Å². The molecule has 0 N–H and O–H groups in total. The summed E-state index contributed by atoms with van der Waals surface area (Å²) in [5.41, 5.74) is 0. The molecule has 0 aromatic heterocycles. The molecule has 0 aliphatic carbocycles. The molecule has 0 spiro atoms. The lowest BCUT2D eigenvalue weighted by molar-refractivity contribution is 0.531. The Bertz CT molecular complexity index is 226. The summed E-state index contributed by atoms with van der Waals surface area (Å²) >= 11 is 0. The standard InChI is InChI=1S/C24H51P.ClH/c1-4-7-8-9-10-11-12-13-14-15-16-17-18-19-20-21-24-25(22-5-2)23-6-3;/h4-24H2,1-3H3;1H. The molecular formula is C24H52ClP. The maximum atomic E-state index is 2.36. The van der Waals surface area contributed by atoms with E-state index >= 15 is 0 Å². The van der Waals surface area contributed by atoms with Gasteiger partial charge in [0.2, 0.25) is 0 Å². The zero-order chi connectivity index (χ0) is 18.4. The summed E-state index contributed by atoms with van der Waals surface area (Å²) in [5, 5.41) is 0. The van der Waals surface area contributed by atoms with Crippen LogP contribution in [0.15, 0.2) is 0 Å². The molecule has 0 saturated heterocycles. The van der Waals surface area contributed by atoms with E-state index in [1.54, 1.807) is 6.16 Å². The minimum Gasteiger partial charge on any atom is -0.147 e. The van der Waals surface area contributed by atoms with E-state index in [9.17, 15) is 0 Å². The Hall–Kier alpha value is 0.720. The van der Waals surface area contributed by atoms with Gasteiger partial charge in [-0.2, -0.15) is 0 Å². The first kappa shape index (κ1) is 28.9. The molecule has 0 aromatic carbocycles. The Morgan fingerprint density at radius 2 is 0.654 bits per heavy atom. The molecule has 160 valence electrons. The van der Waals surface area contributed by atoms with Crippen LogP contribution >= 0.6 is 20.3 Å². The summed E-state index contributed by atoms with van der Waals surface area (Å²) in [4.78, 5) is 0. The van der Waals surface area contributed by atoms with Gasteiger partial charge in [0.15, 0.2) is 0 Å². The van der Waals surface area contributed by atoms with Gasteiger partial charge in [-0.3, -0.25) is 0 Å². The van der Waals surface area contributed by atoms with Crippen molar-refractivity contribution in [3.63, 3.8) is 0 Å². The number of hydrogen-bond donors (Lipinski definition) is 0. The Balaban J connectivity index is 0. The third-order valence-electron chi connectivity index (χ3n) is 5.41. The number of hydrogen-bond acceptors (Lipinski definition) is 0. The van der Waals surface area contributed by atoms with Gasteiger partial charge in [-0.15, -0.1) is 20.3 Å². The molecule has 0 aromatic rings. The van der Waals surface area contributed by atoms with E-state index in [0.29, 0.717) is 7.92 Å². The maximum Gasteiger partial charge on any atom is -0.0326 e. The smallest absolute Gasteiger partial charge is 0.0326 e.